The molecule has 0 aromatic carbocycles. The van der Waals surface area contributed by atoms with Crippen LogP contribution >= 0.6 is 0 Å². The van der Waals surface area contributed by atoms with Crippen LogP contribution in [0.1, 0.15) is 59.3 Å². The lowest BCUT2D eigenvalue weighted by atomic mass is 9.86. The first kappa shape index (κ1) is 18.0. The van der Waals surface area contributed by atoms with E-state index in [2.05, 4.69) is 11.5 Å². The van der Waals surface area contributed by atoms with Gasteiger partial charge < -0.3 is 18.2 Å². The molecule has 1 saturated carbocycles. The van der Waals surface area contributed by atoms with Crippen LogP contribution in [0.15, 0.2) is 12.3 Å². The lowest BCUT2D eigenvalue weighted by Gasteiger charge is -2.51. The van der Waals surface area contributed by atoms with Crippen molar-refractivity contribution < 1.29 is 13.3 Å². The Morgan fingerprint density at radius 3 is 1.91 bits per heavy atom. The molecule has 1 unspecified atom stereocenters. The van der Waals surface area contributed by atoms with Gasteiger partial charge in [0.2, 0.25) is 0 Å². The zero-order chi connectivity index (χ0) is 16.0. The molecule has 0 bridgehead atoms. The van der Waals surface area contributed by atoms with Gasteiger partial charge in [-0.2, -0.15) is 0 Å². The Hall–Kier alpha value is -0.363. The molecule has 1 heterocycles. The first-order chi connectivity index (χ1) is 10.7. The van der Waals surface area contributed by atoms with Crippen molar-refractivity contribution in [2.75, 3.05) is 26.4 Å². The molecule has 0 N–H and O–H groups in total. The van der Waals surface area contributed by atoms with E-state index >= 15 is 0 Å². The smallest absolute Gasteiger partial charge is 0.373 e. The second kappa shape index (κ2) is 8.48. The summed E-state index contributed by atoms with van der Waals surface area (Å²) < 4.78 is 18.3. The fourth-order valence-corrected chi connectivity index (χ4v) is 6.98. The number of allylic oxidation sites excluding steroid dienone is 1. The average Bonchev–Trinajstić information content (AvgIpc) is 2.47. The van der Waals surface area contributed by atoms with E-state index in [-0.39, 0.29) is 5.67 Å². The van der Waals surface area contributed by atoms with Gasteiger partial charge in [0.05, 0.1) is 0 Å². The summed E-state index contributed by atoms with van der Waals surface area (Å²) in [6.45, 7) is 13.5. The standard InChI is InChI=1S/C17H33NO3Si/c1-5-19-22(20-6-2,21-7-3)17-13-14-18(17)15(4)16-11-9-8-10-12-16/h16-17H,4-14H2,1-3H3. The van der Waals surface area contributed by atoms with Crippen molar-refractivity contribution in [3.05, 3.63) is 12.3 Å². The molecular weight excluding hydrogens is 294 g/mol. The summed E-state index contributed by atoms with van der Waals surface area (Å²) in [5, 5.41) is 0. The molecule has 128 valence electrons. The topological polar surface area (TPSA) is 30.9 Å². The quantitative estimate of drug-likeness (QED) is 0.604. The van der Waals surface area contributed by atoms with Crippen LogP contribution < -0.4 is 0 Å². The van der Waals surface area contributed by atoms with Crippen LogP contribution in [0.2, 0.25) is 0 Å². The van der Waals surface area contributed by atoms with Crippen molar-refractivity contribution in [1.29, 1.82) is 0 Å². The van der Waals surface area contributed by atoms with Gasteiger partial charge in [-0.15, -0.1) is 0 Å². The Morgan fingerprint density at radius 2 is 1.50 bits per heavy atom. The third kappa shape index (κ3) is 3.75. The summed E-state index contributed by atoms with van der Waals surface area (Å²) in [7, 11) is -2.64. The molecule has 1 saturated heterocycles. The molecule has 0 aromatic rings. The van der Waals surface area contributed by atoms with Crippen molar-refractivity contribution in [2.45, 2.75) is 65.0 Å². The summed E-state index contributed by atoms with van der Waals surface area (Å²) in [5.41, 5.74) is 1.56. The molecular formula is C17H33NO3Si. The van der Waals surface area contributed by atoms with Crippen molar-refractivity contribution in [3.8, 4) is 0 Å². The maximum absolute atomic E-state index is 6.09. The molecule has 22 heavy (non-hydrogen) atoms. The van der Waals surface area contributed by atoms with E-state index in [1.54, 1.807) is 0 Å². The third-order valence-corrected chi connectivity index (χ3v) is 8.40. The highest BCUT2D eigenvalue weighted by Crippen LogP contribution is 2.38. The third-order valence-electron chi connectivity index (χ3n) is 4.91. The molecule has 0 radical (unpaired) electrons. The first-order valence-corrected chi connectivity index (χ1v) is 10.9. The minimum Gasteiger partial charge on any atom is -0.373 e. The number of likely N-dealkylation sites (tertiary alicyclic amines) is 1. The number of hydrogen-bond donors (Lipinski definition) is 0. The van der Waals surface area contributed by atoms with Crippen LogP contribution in [-0.2, 0) is 13.3 Å². The van der Waals surface area contributed by atoms with Crippen molar-refractivity contribution in [3.63, 3.8) is 0 Å². The van der Waals surface area contributed by atoms with Gasteiger partial charge in [-0.1, -0.05) is 25.8 Å². The Labute approximate surface area is 137 Å². The molecule has 4 nitrogen and oxygen atoms in total. The second-order valence-electron chi connectivity index (χ2n) is 6.23. The molecule has 1 atom stereocenters. The Bertz CT molecular complexity index is 341. The maximum atomic E-state index is 6.09. The predicted molar refractivity (Wildman–Crippen MR) is 91.5 cm³/mol. The average molecular weight is 328 g/mol. The molecule has 2 fully saturated rings. The van der Waals surface area contributed by atoms with Crippen LogP contribution in [0.3, 0.4) is 0 Å². The van der Waals surface area contributed by atoms with Crippen molar-refractivity contribution in [2.24, 2.45) is 5.92 Å². The van der Waals surface area contributed by atoms with E-state index in [0.717, 1.165) is 13.0 Å². The minimum absolute atomic E-state index is 0.266. The molecule has 1 aliphatic heterocycles. The summed E-state index contributed by atoms with van der Waals surface area (Å²) in [6.07, 6.45) is 7.73. The zero-order valence-electron chi connectivity index (χ0n) is 14.6. The minimum atomic E-state index is -2.64. The maximum Gasteiger partial charge on any atom is 0.524 e. The van der Waals surface area contributed by atoms with Gasteiger partial charge in [0.25, 0.3) is 0 Å². The predicted octanol–water partition coefficient (Wildman–Crippen LogP) is 3.74. The normalized spacial score (nSPS) is 23.4. The van der Waals surface area contributed by atoms with Crippen LogP contribution in [-0.4, -0.2) is 45.7 Å². The number of nitrogens with zero attached hydrogens (tertiary/aromatic N) is 1. The fourth-order valence-electron chi connectivity index (χ4n) is 3.79. The fraction of sp³-hybridized carbons (Fsp3) is 0.882. The zero-order valence-corrected chi connectivity index (χ0v) is 15.6. The van der Waals surface area contributed by atoms with E-state index in [1.165, 1.54) is 37.8 Å². The molecule has 2 rings (SSSR count). The highest BCUT2D eigenvalue weighted by atomic mass is 28.4. The highest BCUT2D eigenvalue weighted by molar-refractivity contribution is 6.62. The Kier molecular flexibility index (Phi) is 6.93. The van der Waals surface area contributed by atoms with E-state index < -0.39 is 8.80 Å². The SMILES string of the molecule is C=C(C1CCCCC1)N1CCC1[Si](OCC)(OCC)OCC. The van der Waals surface area contributed by atoms with Gasteiger partial charge in [0.15, 0.2) is 0 Å². The van der Waals surface area contributed by atoms with Gasteiger partial charge in [0.1, 0.15) is 5.67 Å². The van der Waals surface area contributed by atoms with Gasteiger partial charge in [-0.3, -0.25) is 0 Å². The van der Waals surface area contributed by atoms with Gasteiger partial charge in [-0.05, 0) is 46.0 Å². The first-order valence-electron chi connectivity index (χ1n) is 9.05. The monoisotopic (exact) mass is 327 g/mol. The van der Waals surface area contributed by atoms with Gasteiger partial charge in [0, 0.05) is 32.1 Å². The lowest BCUT2D eigenvalue weighted by Crippen LogP contribution is -2.68. The van der Waals surface area contributed by atoms with E-state index in [4.69, 9.17) is 13.3 Å². The lowest BCUT2D eigenvalue weighted by molar-refractivity contribution is 0.0124. The largest absolute Gasteiger partial charge is 0.524 e. The Morgan fingerprint density at radius 1 is 0.955 bits per heavy atom. The molecule has 0 amide bonds. The summed E-state index contributed by atoms with van der Waals surface area (Å²) in [6, 6.07) is 0. The van der Waals surface area contributed by atoms with Crippen molar-refractivity contribution in [1.82, 2.24) is 4.90 Å². The molecule has 1 aliphatic carbocycles. The van der Waals surface area contributed by atoms with E-state index in [9.17, 15) is 0 Å². The van der Waals surface area contributed by atoms with Crippen LogP contribution in [0.4, 0.5) is 0 Å². The van der Waals surface area contributed by atoms with E-state index in [0.29, 0.717) is 25.7 Å². The van der Waals surface area contributed by atoms with E-state index in [1.807, 2.05) is 20.8 Å². The number of rotatable bonds is 9. The Balaban J connectivity index is 2.08. The molecule has 0 aromatic heterocycles. The highest BCUT2D eigenvalue weighted by Gasteiger charge is 2.56. The van der Waals surface area contributed by atoms with Crippen molar-refractivity contribution >= 4 is 8.80 Å². The molecule has 0 spiro atoms. The summed E-state index contributed by atoms with van der Waals surface area (Å²) >= 11 is 0. The summed E-state index contributed by atoms with van der Waals surface area (Å²) in [5.74, 6) is 0.646. The number of hydrogen-bond acceptors (Lipinski definition) is 4. The van der Waals surface area contributed by atoms with Gasteiger partial charge in [-0.25, -0.2) is 0 Å². The van der Waals surface area contributed by atoms with Crippen LogP contribution in [0.25, 0.3) is 0 Å². The van der Waals surface area contributed by atoms with Crippen LogP contribution in [0.5, 0.6) is 0 Å². The second-order valence-corrected chi connectivity index (χ2v) is 8.97. The molecule has 5 heteroatoms. The summed E-state index contributed by atoms with van der Waals surface area (Å²) in [4.78, 5) is 2.43. The molecule has 2 aliphatic rings. The van der Waals surface area contributed by atoms with Gasteiger partial charge >= 0.3 is 8.80 Å². The van der Waals surface area contributed by atoms with Crippen LogP contribution in [0, 0.1) is 5.92 Å².